The van der Waals surface area contributed by atoms with Crippen LogP contribution >= 0.6 is 11.8 Å². The number of hydrogen-bond acceptors (Lipinski definition) is 3. The number of nitrogens with zero attached hydrogens (tertiary/aromatic N) is 1. The van der Waals surface area contributed by atoms with Gasteiger partial charge in [0.15, 0.2) is 0 Å². The molecule has 1 heterocycles. The topological polar surface area (TPSA) is 24.9 Å². The van der Waals surface area contributed by atoms with Gasteiger partial charge >= 0.3 is 0 Å². The summed E-state index contributed by atoms with van der Waals surface area (Å²) >= 11 is 1.95. The zero-order valence-electron chi connectivity index (χ0n) is 11.0. The molecule has 1 saturated carbocycles. The van der Waals surface area contributed by atoms with Crippen LogP contribution in [-0.2, 0) is 0 Å². The van der Waals surface area contributed by atoms with Gasteiger partial charge in [-0.2, -0.15) is 11.8 Å². The Kier molecular flexibility index (Phi) is 5.01. The molecular formula is C14H21FN2S. The van der Waals surface area contributed by atoms with Gasteiger partial charge in [0.2, 0.25) is 0 Å². The molecule has 1 fully saturated rings. The maximum atomic E-state index is 12.8. The zero-order valence-corrected chi connectivity index (χ0v) is 11.8. The lowest BCUT2D eigenvalue weighted by Gasteiger charge is -2.33. The van der Waals surface area contributed by atoms with E-state index in [1.807, 2.05) is 11.8 Å². The standard InChI is InChI=1S/C14H21FN2S/c1-10(12-8-7-11(15)9-16-12)17-13-5-3-4-6-14(13)18-2/h7-10,13-14,17H,3-6H2,1-2H3. The molecule has 100 valence electrons. The van der Waals surface area contributed by atoms with Gasteiger partial charge in [-0.05, 0) is 38.2 Å². The smallest absolute Gasteiger partial charge is 0.141 e. The van der Waals surface area contributed by atoms with Crippen molar-refractivity contribution in [2.24, 2.45) is 0 Å². The van der Waals surface area contributed by atoms with Gasteiger partial charge < -0.3 is 5.32 Å². The van der Waals surface area contributed by atoms with Crippen LogP contribution in [0.5, 0.6) is 0 Å². The number of aromatic nitrogens is 1. The second-order valence-electron chi connectivity index (χ2n) is 4.95. The molecule has 1 N–H and O–H groups in total. The van der Waals surface area contributed by atoms with Gasteiger partial charge in [0.25, 0.3) is 0 Å². The molecule has 2 nitrogen and oxygen atoms in total. The normalized spacial score (nSPS) is 25.9. The molecule has 1 aliphatic carbocycles. The molecule has 1 aromatic rings. The predicted molar refractivity (Wildman–Crippen MR) is 75.3 cm³/mol. The van der Waals surface area contributed by atoms with Gasteiger partial charge in [0, 0.05) is 17.3 Å². The van der Waals surface area contributed by atoms with Crippen LogP contribution in [0.25, 0.3) is 0 Å². The van der Waals surface area contributed by atoms with E-state index in [9.17, 15) is 4.39 Å². The molecule has 0 radical (unpaired) electrons. The fourth-order valence-corrected chi connectivity index (χ4v) is 3.57. The van der Waals surface area contributed by atoms with Crippen LogP contribution in [0.15, 0.2) is 18.3 Å². The molecule has 0 aromatic carbocycles. The Labute approximate surface area is 113 Å². The number of hydrogen-bond donors (Lipinski definition) is 1. The summed E-state index contributed by atoms with van der Waals surface area (Å²) in [6.45, 7) is 2.10. The Balaban J connectivity index is 1.97. The third-order valence-corrected chi connectivity index (χ3v) is 4.83. The fraction of sp³-hybridized carbons (Fsp3) is 0.643. The Morgan fingerprint density at radius 3 is 2.83 bits per heavy atom. The Morgan fingerprint density at radius 1 is 1.39 bits per heavy atom. The molecular weight excluding hydrogens is 247 g/mol. The molecule has 3 unspecified atom stereocenters. The number of rotatable bonds is 4. The van der Waals surface area contributed by atoms with Gasteiger partial charge in [-0.3, -0.25) is 4.98 Å². The molecule has 0 amide bonds. The maximum absolute atomic E-state index is 12.8. The van der Waals surface area contributed by atoms with Crippen molar-refractivity contribution in [2.75, 3.05) is 6.26 Å². The van der Waals surface area contributed by atoms with Crippen LogP contribution < -0.4 is 5.32 Å². The number of pyridine rings is 1. The SMILES string of the molecule is CSC1CCCCC1NC(C)c1ccc(F)cn1. The van der Waals surface area contributed by atoms with Crippen molar-refractivity contribution in [2.45, 2.75) is 49.9 Å². The third-order valence-electron chi connectivity index (χ3n) is 3.66. The predicted octanol–water partition coefficient (Wildman–Crippen LogP) is 3.55. The first-order valence-electron chi connectivity index (χ1n) is 6.61. The summed E-state index contributed by atoms with van der Waals surface area (Å²) in [6, 6.07) is 3.98. The molecule has 0 saturated heterocycles. The monoisotopic (exact) mass is 268 g/mol. The van der Waals surface area contributed by atoms with Crippen LogP contribution in [0.1, 0.15) is 44.3 Å². The summed E-state index contributed by atoms with van der Waals surface area (Å²) in [4.78, 5) is 4.15. The molecule has 3 atom stereocenters. The average molecular weight is 268 g/mol. The highest BCUT2D eigenvalue weighted by molar-refractivity contribution is 7.99. The minimum absolute atomic E-state index is 0.184. The second-order valence-corrected chi connectivity index (χ2v) is 6.03. The summed E-state index contributed by atoms with van der Waals surface area (Å²) in [5, 5.41) is 4.35. The third kappa shape index (κ3) is 3.45. The van der Waals surface area contributed by atoms with E-state index in [-0.39, 0.29) is 11.9 Å². The minimum Gasteiger partial charge on any atom is -0.305 e. The van der Waals surface area contributed by atoms with Gasteiger partial charge in [0.05, 0.1) is 11.9 Å². The summed E-state index contributed by atoms with van der Waals surface area (Å²) in [5.41, 5.74) is 0.918. The number of thioether (sulfide) groups is 1. The maximum Gasteiger partial charge on any atom is 0.141 e. The molecule has 1 aromatic heterocycles. The molecule has 0 spiro atoms. The van der Waals surface area contributed by atoms with Gasteiger partial charge in [-0.15, -0.1) is 0 Å². The van der Waals surface area contributed by atoms with E-state index < -0.39 is 0 Å². The van der Waals surface area contributed by atoms with Crippen LogP contribution in [0.3, 0.4) is 0 Å². The lowest BCUT2D eigenvalue weighted by Crippen LogP contribution is -2.41. The summed E-state index contributed by atoms with van der Waals surface area (Å²) in [5.74, 6) is -0.273. The Hall–Kier alpha value is -0.610. The second kappa shape index (κ2) is 6.53. The average Bonchev–Trinajstić information content (AvgIpc) is 2.40. The van der Waals surface area contributed by atoms with Crippen molar-refractivity contribution in [1.29, 1.82) is 0 Å². The van der Waals surface area contributed by atoms with E-state index >= 15 is 0 Å². The highest BCUT2D eigenvalue weighted by Crippen LogP contribution is 2.28. The van der Waals surface area contributed by atoms with Crippen LogP contribution in [0, 0.1) is 5.82 Å². The summed E-state index contributed by atoms with van der Waals surface area (Å²) < 4.78 is 12.8. The Morgan fingerprint density at radius 2 is 2.17 bits per heavy atom. The first-order chi connectivity index (χ1) is 8.70. The molecule has 18 heavy (non-hydrogen) atoms. The molecule has 4 heteroatoms. The Bertz CT molecular complexity index is 369. The first-order valence-corrected chi connectivity index (χ1v) is 7.90. The van der Waals surface area contributed by atoms with E-state index in [2.05, 4.69) is 23.5 Å². The van der Waals surface area contributed by atoms with Gasteiger partial charge in [-0.1, -0.05) is 12.8 Å². The number of halogens is 1. The first kappa shape index (κ1) is 13.8. The highest BCUT2D eigenvalue weighted by atomic mass is 32.2. The lowest BCUT2D eigenvalue weighted by atomic mass is 9.94. The van der Waals surface area contributed by atoms with Gasteiger partial charge in [-0.25, -0.2) is 4.39 Å². The molecule has 1 aliphatic rings. The minimum atomic E-state index is -0.273. The quantitative estimate of drug-likeness (QED) is 0.904. The molecule has 0 aliphatic heterocycles. The zero-order chi connectivity index (χ0) is 13.0. The fourth-order valence-electron chi connectivity index (χ4n) is 2.62. The summed E-state index contributed by atoms with van der Waals surface area (Å²) in [6.07, 6.45) is 8.65. The van der Waals surface area contributed by atoms with Crippen LogP contribution in [-0.4, -0.2) is 22.5 Å². The van der Waals surface area contributed by atoms with Crippen molar-refractivity contribution in [1.82, 2.24) is 10.3 Å². The largest absolute Gasteiger partial charge is 0.305 e. The van der Waals surface area contributed by atoms with Crippen molar-refractivity contribution in [3.63, 3.8) is 0 Å². The van der Waals surface area contributed by atoms with E-state index in [1.54, 1.807) is 6.07 Å². The highest BCUT2D eigenvalue weighted by Gasteiger charge is 2.25. The van der Waals surface area contributed by atoms with E-state index in [0.29, 0.717) is 11.3 Å². The van der Waals surface area contributed by atoms with Crippen LogP contribution in [0.4, 0.5) is 4.39 Å². The lowest BCUT2D eigenvalue weighted by molar-refractivity contribution is 0.353. The van der Waals surface area contributed by atoms with Crippen molar-refractivity contribution < 1.29 is 4.39 Å². The van der Waals surface area contributed by atoms with E-state index in [0.717, 1.165) is 5.69 Å². The van der Waals surface area contributed by atoms with Crippen LogP contribution in [0.2, 0.25) is 0 Å². The van der Waals surface area contributed by atoms with E-state index in [1.165, 1.54) is 37.9 Å². The summed E-state index contributed by atoms with van der Waals surface area (Å²) in [7, 11) is 0. The molecule has 0 bridgehead atoms. The van der Waals surface area contributed by atoms with E-state index in [4.69, 9.17) is 0 Å². The molecule has 2 rings (SSSR count). The van der Waals surface area contributed by atoms with Crippen molar-refractivity contribution in [3.05, 3.63) is 29.8 Å². The van der Waals surface area contributed by atoms with Crippen molar-refractivity contribution in [3.8, 4) is 0 Å². The van der Waals surface area contributed by atoms with Crippen molar-refractivity contribution >= 4 is 11.8 Å². The van der Waals surface area contributed by atoms with Gasteiger partial charge in [0.1, 0.15) is 5.82 Å². The number of nitrogens with one attached hydrogen (secondary N) is 1.